The Balaban J connectivity index is 2.27. The minimum absolute atomic E-state index is 0.0777. The molecule has 0 unspecified atom stereocenters. The van der Waals surface area contributed by atoms with E-state index in [0.717, 1.165) is 23.5 Å². The number of ether oxygens (including phenoxy) is 1. The molecule has 1 aromatic carbocycles. The van der Waals surface area contributed by atoms with E-state index >= 15 is 0 Å². The number of fused-ring (bicyclic) bond motifs is 1. The summed E-state index contributed by atoms with van der Waals surface area (Å²) in [5.41, 5.74) is 7.13. The molecule has 1 heterocycles. The van der Waals surface area contributed by atoms with E-state index in [2.05, 4.69) is 19.6 Å². The molecule has 4 heteroatoms. The summed E-state index contributed by atoms with van der Waals surface area (Å²) in [5.74, 6) is 1.82. The zero-order chi connectivity index (χ0) is 11.8. The molecule has 88 valence electrons. The van der Waals surface area contributed by atoms with Crippen LogP contribution in [0.5, 0.6) is 11.5 Å². The van der Waals surface area contributed by atoms with Gasteiger partial charge in [0.1, 0.15) is 11.5 Å². The summed E-state index contributed by atoms with van der Waals surface area (Å²) >= 11 is 0. The van der Waals surface area contributed by atoms with E-state index in [1.54, 1.807) is 0 Å². The number of benzene rings is 1. The van der Waals surface area contributed by atoms with Crippen LogP contribution in [0.4, 0.5) is 0 Å². The van der Waals surface area contributed by atoms with Gasteiger partial charge in [0, 0.05) is 18.0 Å². The molecule has 3 nitrogen and oxygen atoms in total. The van der Waals surface area contributed by atoms with Gasteiger partial charge in [0.2, 0.25) is 8.32 Å². The van der Waals surface area contributed by atoms with Crippen LogP contribution >= 0.6 is 0 Å². The van der Waals surface area contributed by atoms with E-state index in [-0.39, 0.29) is 6.04 Å². The average molecular weight is 237 g/mol. The summed E-state index contributed by atoms with van der Waals surface area (Å²) in [6.07, 6.45) is 0.878. The standard InChI is InChI=1S/C12H19NO2Si/c1-16(2,3)15-9-4-5-12-10(8-9)11(13)6-7-14-12/h4-5,8,11H,6-7,13H2,1-3H3/t11-/m1/s1. The zero-order valence-electron chi connectivity index (χ0n) is 10.1. The van der Waals surface area contributed by atoms with Gasteiger partial charge in [-0.1, -0.05) is 0 Å². The van der Waals surface area contributed by atoms with Crippen LogP contribution in [0.3, 0.4) is 0 Å². The first kappa shape index (κ1) is 11.5. The summed E-state index contributed by atoms with van der Waals surface area (Å²) in [7, 11) is -1.55. The Morgan fingerprint density at radius 2 is 2.12 bits per heavy atom. The van der Waals surface area contributed by atoms with Crippen LogP contribution in [-0.2, 0) is 0 Å². The number of hydrogen-bond acceptors (Lipinski definition) is 3. The molecular weight excluding hydrogens is 218 g/mol. The van der Waals surface area contributed by atoms with Crippen LogP contribution in [0, 0.1) is 0 Å². The van der Waals surface area contributed by atoms with Crippen molar-refractivity contribution >= 4 is 8.32 Å². The fourth-order valence-electron chi connectivity index (χ4n) is 1.82. The highest BCUT2D eigenvalue weighted by Crippen LogP contribution is 2.33. The van der Waals surface area contributed by atoms with Gasteiger partial charge in [0.25, 0.3) is 0 Å². The molecule has 1 aliphatic rings. The fraction of sp³-hybridized carbons (Fsp3) is 0.500. The van der Waals surface area contributed by atoms with E-state index < -0.39 is 8.32 Å². The normalized spacial score (nSPS) is 19.9. The average Bonchev–Trinajstić information content (AvgIpc) is 2.17. The van der Waals surface area contributed by atoms with Crippen molar-refractivity contribution in [3.63, 3.8) is 0 Å². The summed E-state index contributed by atoms with van der Waals surface area (Å²) in [4.78, 5) is 0. The van der Waals surface area contributed by atoms with Crippen LogP contribution in [0.1, 0.15) is 18.0 Å². The molecule has 16 heavy (non-hydrogen) atoms. The molecule has 0 amide bonds. The summed E-state index contributed by atoms with van der Waals surface area (Å²) < 4.78 is 11.5. The molecule has 1 atom stereocenters. The van der Waals surface area contributed by atoms with Gasteiger partial charge in [-0.25, -0.2) is 0 Å². The molecule has 1 aliphatic heterocycles. The minimum Gasteiger partial charge on any atom is -0.544 e. The highest BCUT2D eigenvalue weighted by Gasteiger charge is 2.21. The van der Waals surface area contributed by atoms with E-state index in [1.165, 1.54) is 0 Å². The molecule has 0 aromatic heterocycles. The van der Waals surface area contributed by atoms with Crippen LogP contribution in [0.2, 0.25) is 19.6 Å². The third kappa shape index (κ3) is 2.57. The Morgan fingerprint density at radius 1 is 1.38 bits per heavy atom. The van der Waals surface area contributed by atoms with Gasteiger partial charge in [-0.15, -0.1) is 0 Å². The monoisotopic (exact) mass is 237 g/mol. The van der Waals surface area contributed by atoms with Crippen LogP contribution in [-0.4, -0.2) is 14.9 Å². The number of rotatable bonds is 2. The number of hydrogen-bond donors (Lipinski definition) is 1. The van der Waals surface area contributed by atoms with Gasteiger partial charge >= 0.3 is 0 Å². The summed E-state index contributed by atoms with van der Waals surface area (Å²) in [6.45, 7) is 7.22. The lowest BCUT2D eigenvalue weighted by Crippen LogP contribution is -2.29. The van der Waals surface area contributed by atoms with Crippen molar-refractivity contribution in [3.8, 4) is 11.5 Å². The second-order valence-electron chi connectivity index (χ2n) is 5.16. The molecule has 0 aliphatic carbocycles. The topological polar surface area (TPSA) is 44.5 Å². The predicted molar refractivity (Wildman–Crippen MR) is 67.5 cm³/mol. The lowest BCUT2D eigenvalue weighted by molar-refractivity contribution is 0.268. The number of nitrogens with two attached hydrogens (primary N) is 1. The molecule has 0 saturated carbocycles. The highest BCUT2D eigenvalue weighted by molar-refractivity contribution is 6.70. The molecule has 0 spiro atoms. The van der Waals surface area contributed by atoms with Gasteiger partial charge in [-0.3, -0.25) is 0 Å². The predicted octanol–water partition coefficient (Wildman–Crippen LogP) is 2.68. The van der Waals surface area contributed by atoms with Crippen molar-refractivity contribution in [2.45, 2.75) is 32.1 Å². The van der Waals surface area contributed by atoms with Crippen molar-refractivity contribution < 1.29 is 9.16 Å². The van der Waals surface area contributed by atoms with Crippen molar-refractivity contribution in [2.75, 3.05) is 6.61 Å². The van der Waals surface area contributed by atoms with Crippen LogP contribution < -0.4 is 14.9 Å². The van der Waals surface area contributed by atoms with Crippen LogP contribution in [0.15, 0.2) is 18.2 Å². The highest BCUT2D eigenvalue weighted by atomic mass is 28.4. The molecule has 2 N–H and O–H groups in total. The lowest BCUT2D eigenvalue weighted by atomic mass is 10.0. The molecule has 0 radical (unpaired) electrons. The molecule has 1 aromatic rings. The Labute approximate surface area is 97.7 Å². The summed E-state index contributed by atoms with van der Waals surface area (Å²) in [5, 5.41) is 0. The van der Waals surface area contributed by atoms with Crippen molar-refractivity contribution in [1.29, 1.82) is 0 Å². The first-order valence-electron chi connectivity index (χ1n) is 5.67. The molecule has 2 rings (SSSR count). The van der Waals surface area contributed by atoms with Crippen molar-refractivity contribution in [3.05, 3.63) is 23.8 Å². The SMILES string of the molecule is C[Si](C)(C)Oc1ccc2c(c1)[C@H](N)CCO2. The van der Waals surface area contributed by atoms with E-state index in [9.17, 15) is 0 Å². The third-order valence-electron chi connectivity index (χ3n) is 2.49. The smallest absolute Gasteiger partial charge is 0.242 e. The van der Waals surface area contributed by atoms with Crippen molar-refractivity contribution in [2.24, 2.45) is 5.73 Å². The maximum absolute atomic E-state index is 6.05. The fourth-order valence-corrected chi connectivity index (χ4v) is 2.65. The quantitative estimate of drug-likeness (QED) is 0.804. The van der Waals surface area contributed by atoms with E-state index in [0.29, 0.717) is 6.61 Å². The van der Waals surface area contributed by atoms with Gasteiger partial charge in [0.05, 0.1) is 6.61 Å². The lowest BCUT2D eigenvalue weighted by Gasteiger charge is -2.25. The van der Waals surface area contributed by atoms with Gasteiger partial charge < -0.3 is 14.9 Å². The molecule has 0 bridgehead atoms. The van der Waals surface area contributed by atoms with Gasteiger partial charge in [0.15, 0.2) is 0 Å². The second kappa shape index (κ2) is 4.11. The Kier molecular flexibility index (Phi) is 2.95. The Morgan fingerprint density at radius 3 is 2.81 bits per heavy atom. The maximum Gasteiger partial charge on any atom is 0.242 e. The Bertz CT molecular complexity index is 387. The zero-order valence-corrected chi connectivity index (χ0v) is 11.1. The maximum atomic E-state index is 6.05. The van der Waals surface area contributed by atoms with Crippen LogP contribution in [0.25, 0.3) is 0 Å². The first-order chi connectivity index (χ1) is 7.46. The van der Waals surface area contributed by atoms with Gasteiger partial charge in [-0.05, 0) is 37.8 Å². The molecule has 0 fully saturated rings. The second-order valence-corrected chi connectivity index (χ2v) is 9.59. The van der Waals surface area contributed by atoms with E-state index in [4.69, 9.17) is 14.9 Å². The van der Waals surface area contributed by atoms with Gasteiger partial charge in [-0.2, -0.15) is 0 Å². The molecule has 0 saturated heterocycles. The summed E-state index contributed by atoms with van der Waals surface area (Å²) in [6, 6.07) is 6.03. The van der Waals surface area contributed by atoms with E-state index in [1.807, 2.05) is 18.2 Å². The van der Waals surface area contributed by atoms with Crippen molar-refractivity contribution in [1.82, 2.24) is 0 Å². The Hall–Kier alpha value is -1.00. The largest absolute Gasteiger partial charge is 0.544 e. The first-order valence-corrected chi connectivity index (χ1v) is 9.08. The third-order valence-corrected chi connectivity index (χ3v) is 3.34. The molecular formula is C12H19NO2Si. The minimum atomic E-state index is -1.55.